The molecule has 2 N–H and O–H groups in total. The minimum absolute atomic E-state index is 0.00214. The Labute approximate surface area is 107 Å². The summed E-state index contributed by atoms with van der Waals surface area (Å²) >= 11 is 0. The van der Waals surface area contributed by atoms with Gasteiger partial charge in [0.25, 0.3) is 0 Å². The van der Waals surface area contributed by atoms with E-state index in [0.29, 0.717) is 24.0 Å². The van der Waals surface area contributed by atoms with Gasteiger partial charge in [0.2, 0.25) is 0 Å². The van der Waals surface area contributed by atoms with E-state index < -0.39 is 5.54 Å². The second-order valence-electron chi connectivity index (χ2n) is 5.34. The van der Waals surface area contributed by atoms with Gasteiger partial charge >= 0.3 is 0 Å². The fourth-order valence-electron chi connectivity index (χ4n) is 1.76. The molecule has 1 aromatic rings. The molecule has 0 saturated heterocycles. The Morgan fingerprint density at radius 3 is 2.78 bits per heavy atom. The maximum absolute atomic E-state index is 13.4. The topological polar surface area (TPSA) is 41.5 Å². The van der Waals surface area contributed by atoms with E-state index >= 15 is 0 Å². The standard InChI is InChI=1S/C14H20FNO2/c1-10-3-6-12(7-13(10)15)18-9-14(2,8-17)16-11-4-5-11/h3,6-7,11,16-17H,4-5,8-9H2,1-2H3. The Morgan fingerprint density at radius 2 is 2.22 bits per heavy atom. The molecule has 1 atom stereocenters. The lowest BCUT2D eigenvalue weighted by molar-refractivity contribution is 0.114. The Balaban J connectivity index is 1.93. The van der Waals surface area contributed by atoms with Crippen LogP contribution in [0.1, 0.15) is 25.3 Å². The SMILES string of the molecule is Cc1ccc(OCC(C)(CO)NC2CC2)cc1F. The Bertz CT molecular complexity index is 420. The predicted molar refractivity (Wildman–Crippen MR) is 68.3 cm³/mol. The summed E-state index contributed by atoms with van der Waals surface area (Å²) in [4.78, 5) is 0. The van der Waals surface area contributed by atoms with Gasteiger partial charge in [0.15, 0.2) is 0 Å². The van der Waals surface area contributed by atoms with Gasteiger partial charge in [-0.3, -0.25) is 0 Å². The van der Waals surface area contributed by atoms with Crippen LogP contribution >= 0.6 is 0 Å². The number of rotatable bonds is 6. The molecule has 0 spiro atoms. The highest BCUT2D eigenvalue weighted by Gasteiger charge is 2.32. The molecule has 2 rings (SSSR count). The first-order valence-corrected chi connectivity index (χ1v) is 6.30. The zero-order valence-electron chi connectivity index (χ0n) is 10.9. The normalized spacial score (nSPS) is 18.4. The lowest BCUT2D eigenvalue weighted by Crippen LogP contribution is -2.51. The Hall–Kier alpha value is -1.13. The zero-order chi connectivity index (χ0) is 13.2. The second-order valence-corrected chi connectivity index (χ2v) is 5.34. The van der Waals surface area contributed by atoms with E-state index in [2.05, 4.69) is 5.32 Å². The highest BCUT2D eigenvalue weighted by molar-refractivity contribution is 5.28. The first-order valence-electron chi connectivity index (χ1n) is 6.30. The van der Waals surface area contributed by atoms with Gasteiger partial charge in [-0.15, -0.1) is 0 Å². The summed E-state index contributed by atoms with van der Waals surface area (Å²) in [5.74, 6) is 0.226. The molecule has 100 valence electrons. The van der Waals surface area contributed by atoms with E-state index in [1.807, 2.05) is 6.92 Å². The second kappa shape index (κ2) is 5.24. The third kappa shape index (κ3) is 3.43. The number of nitrogens with one attached hydrogen (secondary N) is 1. The van der Waals surface area contributed by atoms with Crippen LogP contribution in [0.3, 0.4) is 0 Å². The fourth-order valence-corrected chi connectivity index (χ4v) is 1.76. The van der Waals surface area contributed by atoms with Crippen molar-refractivity contribution >= 4 is 0 Å². The molecule has 0 radical (unpaired) electrons. The quantitative estimate of drug-likeness (QED) is 0.815. The van der Waals surface area contributed by atoms with Crippen molar-refractivity contribution < 1.29 is 14.2 Å². The summed E-state index contributed by atoms with van der Waals surface area (Å²) < 4.78 is 18.9. The minimum atomic E-state index is -0.470. The number of hydrogen-bond donors (Lipinski definition) is 2. The number of halogens is 1. The van der Waals surface area contributed by atoms with Crippen LogP contribution in [-0.4, -0.2) is 29.9 Å². The van der Waals surface area contributed by atoms with Gasteiger partial charge in [0.1, 0.15) is 18.2 Å². The van der Waals surface area contributed by atoms with Crippen LogP contribution in [0.4, 0.5) is 4.39 Å². The highest BCUT2D eigenvalue weighted by Crippen LogP contribution is 2.23. The lowest BCUT2D eigenvalue weighted by Gasteiger charge is -2.28. The number of aryl methyl sites for hydroxylation is 1. The summed E-state index contributed by atoms with van der Waals surface area (Å²) in [7, 11) is 0. The van der Waals surface area contributed by atoms with Crippen LogP contribution < -0.4 is 10.1 Å². The van der Waals surface area contributed by atoms with Crippen molar-refractivity contribution in [3.63, 3.8) is 0 Å². The van der Waals surface area contributed by atoms with Crippen LogP contribution in [0.2, 0.25) is 0 Å². The summed E-state index contributed by atoms with van der Waals surface area (Å²) in [5.41, 5.74) is 0.131. The largest absolute Gasteiger partial charge is 0.491 e. The van der Waals surface area contributed by atoms with Gasteiger partial charge in [-0.25, -0.2) is 4.39 Å². The van der Waals surface area contributed by atoms with Gasteiger partial charge in [-0.2, -0.15) is 0 Å². The molecule has 0 amide bonds. The van der Waals surface area contributed by atoms with Gasteiger partial charge in [0.05, 0.1) is 12.1 Å². The molecule has 3 nitrogen and oxygen atoms in total. The molecule has 0 aliphatic heterocycles. The Kier molecular flexibility index (Phi) is 3.88. The monoisotopic (exact) mass is 253 g/mol. The number of benzene rings is 1. The molecule has 1 aliphatic carbocycles. The van der Waals surface area contributed by atoms with E-state index in [1.165, 1.54) is 6.07 Å². The average Bonchev–Trinajstić information content (AvgIpc) is 3.15. The van der Waals surface area contributed by atoms with E-state index in [9.17, 15) is 9.50 Å². The molecule has 1 aromatic carbocycles. The molecule has 4 heteroatoms. The minimum Gasteiger partial charge on any atom is -0.491 e. The van der Waals surface area contributed by atoms with Crippen molar-refractivity contribution in [2.24, 2.45) is 0 Å². The predicted octanol–water partition coefficient (Wildman–Crippen LogP) is 2.02. The molecule has 1 fully saturated rings. The zero-order valence-corrected chi connectivity index (χ0v) is 10.9. The molecule has 1 unspecified atom stereocenters. The number of hydrogen-bond acceptors (Lipinski definition) is 3. The molecular formula is C14H20FNO2. The van der Waals surface area contributed by atoms with E-state index in [1.54, 1.807) is 19.1 Å². The smallest absolute Gasteiger partial charge is 0.129 e. The van der Waals surface area contributed by atoms with Crippen LogP contribution in [0.5, 0.6) is 5.75 Å². The maximum atomic E-state index is 13.4. The molecular weight excluding hydrogens is 233 g/mol. The summed E-state index contributed by atoms with van der Waals surface area (Å²) in [6, 6.07) is 5.30. The fraction of sp³-hybridized carbons (Fsp3) is 0.571. The maximum Gasteiger partial charge on any atom is 0.129 e. The molecule has 0 heterocycles. The van der Waals surface area contributed by atoms with Crippen molar-refractivity contribution in [2.75, 3.05) is 13.2 Å². The van der Waals surface area contributed by atoms with Crippen molar-refractivity contribution in [1.29, 1.82) is 0 Å². The van der Waals surface area contributed by atoms with E-state index in [-0.39, 0.29) is 12.4 Å². The number of ether oxygens (including phenoxy) is 1. The van der Waals surface area contributed by atoms with Gasteiger partial charge in [-0.05, 0) is 38.3 Å². The molecule has 0 bridgehead atoms. The third-order valence-corrected chi connectivity index (χ3v) is 3.18. The van der Waals surface area contributed by atoms with Gasteiger partial charge in [0, 0.05) is 12.1 Å². The number of aliphatic hydroxyl groups is 1. The lowest BCUT2D eigenvalue weighted by atomic mass is 10.1. The van der Waals surface area contributed by atoms with Crippen molar-refractivity contribution in [3.05, 3.63) is 29.6 Å². The number of aliphatic hydroxyl groups excluding tert-OH is 1. The molecule has 1 saturated carbocycles. The van der Waals surface area contributed by atoms with Gasteiger partial charge in [-0.1, -0.05) is 6.07 Å². The Morgan fingerprint density at radius 1 is 1.50 bits per heavy atom. The highest BCUT2D eigenvalue weighted by atomic mass is 19.1. The average molecular weight is 253 g/mol. The third-order valence-electron chi connectivity index (χ3n) is 3.18. The van der Waals surface area contributed by atoms with E-state index in [0.717, 1.165) is 12.8 Å². The van der Waals surface area contributed by atoms with Crippen LogP contribution in [0, 0.1) is 12.7 Å². The van der Waals surface area contributed by atoms with Crippen LogP contribution in [0.15, 0.2) is 18.2 Å². The van der Waals surface area contributed by atoms with Crippen molar-refractivity contribution in [2.45, 2.75) is 38.3 Å². The first kappa shape index (κ1) is 13.3. The van der Waals surface area contributed by atoms with Crippen molar-refractivity contribution in [3.8, 4) is 5.75 Å². The van der Waals surface area contributed by atoms with E-state index in [4.69, 9.17) is 4.74 Å². The van der Waals surface area contributed by atoms with Crippen LogP contribution in [-0.2, 0) is 0 Å². The van der Waals surface area contributed by atoms with Crippen LogP contribution in [0.25, 0.3) is 0 Å². The summed E-state index contributed by atoms with van der Waals surface area (Å²) in [5, 5.41) is 12.8. The van der Waals surface area contributed by atoms with Crippen molar-refractivity contribution in [1.82, 2.24) is 5.32 Å². The molecule has 0 aromatic heterocycles. The molecule has 1 aliphatic rings. The summed E-state index contributed by atoms with van der Waals surface area (Å²) in [6.45, 7) is 3.95. The first-order chi connectivity index (χ1) is 8.52. The molecule has 18 heavy (non-hydrogen) atoms. The summed E-state index contributed by atoms with van der Waals surface area (Å²) in [6.07, 6.45) is 2.30. The van der Waals surface area contributed by atoms with Gasteiger partial charge < -0.3 is 15.2 Å².